The lowest BCUT2D eigenvalue weighted by molar-refractivity contribution is -0.135. The summed E-state index contributed by atoms with van der Waals surface area (Å²) in [6, 6.07) is 32.9. The summed E-state index contributed by atoms with van der Waals surface area (Å²) in [5.74, 6) is -2.81. The van der Waals surface area contributed by atoms with Gasteiger partial charge in [0.05, 0.1) is 47.7 Å². The second-order valence-corrected chi connectivity index (χ2v) is 34.2. The number of methoxy groups -OCH3 is 1. The van der Waals surface area contributed by atoms with E-state index in [-0.39, 0.29) is 69.9 Å². The molecule has 0 atom stereocenters. The van der Waals surface area contributed by atoms with Gasteiger partial charge in [0.2, 0.25) is 0 Å². The van der Waals surface area contributed by atoms with Gasteiger partial charge in [0.25, 0.3) is 23.5 Å². The average molecular weight is 1470 g/mol. The third-order valence-electron chi connectivity index (χ3n) is 15.1. The van der Waals surface area contributed by atoms with E-state index < -0.39 is 68.8 Å². The lowest BCUT2D eigenvalue weighted by atomic mass is 10.1. The molecule has 0 saturated heterocycles. The summed E-state index contributed by atoms with van der Waals surface area (Å²) in [6.45, 7) is 0.672. The smallest absolute Gasteiger partial charge is 0.379 e. The number of carbonyl (C=O) groups is 5. The monoisotopic (exact) mass is 1470 g/mol. The van der Waals surface area contributed by atoms with Crippen molar-refractivity contribution in [1.29, 1.82) is 0 Å². The predicted octanol–water partition coefficient (Wildman–Crippen LogP) is 9.36. The molecular formula is C65H63N9O17S7. The molecule has 13 rings (SSSR count). The first-order valence-corrected chi connectivity index (χ1v) is 39.2. The van der Waals surface area contributed by atoms with Crippen LogP contribution in [0.2, 0.25) is 0 Å². The second-order valence-electron chi connectivity index (χ2n) is 22.6. The number of benzene rings is 5. The fourth-order valence-corrected chi connectivity index (χ4v) is 17.1. The molecule has 8 aromatic rings. The number of carbonyl (C=O) groups excluding carboxylic acids is 5. The van der Waals surface area contributed by atoms with Gasteiger partial charge >= 0.3 is 5.97 Å². The van der Waals surface area contributed by atoms with Gasteiger partial charge in [-0.2, -0.15) is 0 Å². The molecule has 0 radical (unpaired) electrons. The number of nitrogens with zero attached hydrogens (tertiary/aromatic N) is 6. The highest BCUT2D eigenvalue weighted by Gasteiger charge is 2.40. The van der Waals surface area contributed by atoms with Crippen molar-refractivity contribution >= 4 is 135 Å². The zero-order valence-corrected chi connectivity index (χ0v) is 57.7. The number of thiazole rings is 3. The SMILES string of the molecule is COC(=O)C(=O)c1ccc(S(=O)(=O)C2CC2)cc1.O=C(Nc1nccs1)/C(=N/O)c1ccc(S(=O)(=O)C2CC2)cc1.O=C(Nc1nccs1)/C(=N/OCC1CC1)c1ccc(S(=O)(=O)C2CC2)cc1.O=C(Nc1nccs1)/C(=N/OCc1ccccc1)c1ccc(S(=O)(=O)C2CC2)cc1. The van der Waals surface area contributed by atoms with Gasteiger partial charge in [0.1, 0.15) is 13.2 Å². The van der Waals surface area contributed by atoms with Gasteiger partial charge in [-0.1, -0.05) is 82.2 Å². The van der Waals surface area contributed by atoms with Crippen molar-refractivity contribution in [3.8, 4) is 0 Å². The molecule has 5 saturated carbocycles. The number of ether oxygens (including phenoxy) is 1. The van der Waals surface area contributed by atoms with Crippen LogP contribution >= 0.6 is 34.0 Å². The number of oxime groups is 3. The second kappa shape index (κ2) is 32.0. The van der Waals surface area contributed by atoms with Crippen LogP contribution in [0.15, 0.2) is 197 Å². The normalized spacial score (nSPS) is 15.6. The zero-order chi connectivity index (χ0) is 69.6. The van der Waals surface area contributed by atoms with Crippen molar-refractivity contribution in [3.05, 3.63) is 190 Å². The molecule has 33 heteroatoms. The topological polar surface area (TPSA) is 382 Å². The first-order chi connectivity index (χ1) is 47.1. The Bertz CT molecular complexity index is 4700. The molecule has 5 aromatic carbocycles. The number of esters is 1. The Morgan fingerprint density at radius 2 is 0.776 bits per heavy atom. The molecule has 3 heterocycles. The van der Waals surface area contributed by atoms with Crippen molar-refractivity contribution in [2.24, 2.45) is 21.4 Å². The maximum absolute atomic E-state index is 12.8. The standard InChI is InChI=1S/C21H19N3O4S2.C18H19N3O4S2.C14H13N3O4S2.C12H12O5S/c25-20(23-21-22-12-13-29-21)19(24-28-14-15-4-2-1-3-5-15)16-6-8-17(9-7-16)30(26,27)18-10-11-18;22-17(20-18-19-9-10-26-18)16(21-25-11-12-1-2-12)13-3-5-14(6-4-13)27(23,24)15-7-8-15;18-13(16-14-15-7-8-22-14)12(17-19)9-1-3-10(4-2-9)23(20,21)11-5-6-11;1-17-12(14)11(13)8-2-4-9(5-3-8)18(15,16)10-6-7-10/h1-9,12-13,18H,10-11,14H2,(H,22,23,25);3-6,9-10,12,15H,1-2,7-8,11H2,(H,19,20,22);1-4,7-8,11,19H,5-6H2,(H,15,16,18);2-5,10H,6-7H2,1H3/b24-19+;21-16+;17-12+;. The molecule has 3 aromatic heterocycles. The Kier molecular flexibility index (Phi) is 23.3. The van der Waals surface area contributed by atoms with Crippen molar-refractivity contribution < 1.29 is 77.3 Å². The van der Waals surface area contributed by atoms with Crippen molar-refractivity contribution in [3.63, 3.8) is 0 Å². The zero-order valence-electron chi connectivity index (χ0n) is 52.0. The van der Waals surface area contributed by atoms with E-state index in [1.54, 1.807) is 52.8 Å². The first-order valence-electron chi connectivity index (χ1n) is 30.3. The average Bonchev–Trinajstić information content (AvgIpc) is 1.69. The summed E-state index contributed by atoms with van der Waals surface area (Å²) in [5.41, 5.74) is 2.22. The molecule has 3 amide bonds. The van der Waals surface area contributed by atoms with E-state index in [2.05, 4.69) is 51.1 Å². The maximum Gasteiger partial charge on any atom is 0.379 e. The Morgan fingerprint density at radius 1 is 0.449 bits per heavy atom. The van der Waals surface area contributed by atoms with E-state index in [1.807, 2.05) is 30.3 Å². The van der Waals surface area contributed by atoms with Gasteiger partial charge in [0.15, 0.2) is 71.9 Å². The van der Waals surface area contributed by atoms with E-state index in [4.69, 9.17) is 14.9 Å². The molecule has 5 aliphatic rings. The Morgan fingerprint density at radius 3 is 1.08 bits per heavy atom. The van der Waals surface area contributed by atoms with Crippen LogP contribution in [0, 0.1) is 5.92 Å². The molecule has 0 unspecified atom stereocenters. The van der Waals surface area contributed by atoms with E-state index in [0.717, 1.165) is 25.5 Å². The van der Waals surface area contributed by atoms with Crippen molar-refractivity contribution in [2.45, 2.75) is 111 Å². The first kappa shape index (κ1) is 71.5. The number of hydrogen-bond donors (Lipinski definition) is 4. The number of sulfone groups is 4. The van der Waals surface area contributed by atoms with Crippen LogP contribution in [0.1, 0.15) is 96.8 Å². The van der Waals surface area contributed by atoms with Crippen LogP contribution in [0.3, 0.4) is 0 Å². The minimum Gasteiger partial charge on any atom is -0.463 e. The van der Waals surface area contributed by atoms with Gasteiger partial charge in [-0.25, -0.2) is 53.4 Å². The highest BCUT2D eigenvalue weighted by molar-refractivity contribution is 7.93. The quantitative estimate of drug-likeness (QED) is 0.0103. The van der Waals surface area contributed by atoms with Crippen LogP contribution in [0.4, 0.5) is 15.4 Å². The fraction of sp³-hybridized carbons (Fsp3) is 0.277. The minimum atomic E-state index is -3.30. The van der Waals surface area contributed by atoms with E-state index in [9.17, 15) is 57.6 Å². The lowest BCUT2D eigenvalue weighted by Crippen LogP contribution is -2.24. The highest BCUT2D eigenvalue weighted by Crippen LogP contribution is 2.37. The number of amides is 3. The summed E-state index contributed by atoms with van der Waals surface area (Å²) in [6.07, 6.45) is 12.5. The molecule has 98 heavy (non-hydrogen) atoms. The van der Waals surface area contributed by atoms with Gasteiger partial charge < -0.3 is 19.6 Å². The Balaban J connectivity index is 0.000000144. The lowest BCUT2D eigenvalue weighted by Gasteiger charge is -2.08. The van der Waals surface area contributed by atoms with Crippen LogP contribution in [-0.2, 0) is 79.5 Å². The molecular weight excluding hydrogens is 1400 g/mol. The molecule has 512 valence electrons. The summed E-state index contributed by atoms with van der Waals surface area (Å²) in [7, 11) is -12.0. The molecule has 0 bridgehead atoms. The molecule has 5 aliphatic carbocycles. The van der Waals surface area contributed by atoms with Crippen LogP contribution < -0.4 is 16.0 Å². The third-order valence-corrected chi connectivity index (χ3v) is 26.3. The number of ketones is 1. The Hall–Kier alpha value is -9.25. The van der Waals surface area contributed by atoms with E-state index in [1.165, 1.54) is 113 Å². The number of anilines is 3. The van der Waals surface area contributed by atoms with Gasteiger partial charge in [-0.15, -0.1) is 34.0 Å². The number of hydrogen-bond acceptors (Lipinski definition) is 26. The molecule has 0 spiro atoms. The number of rotatable bonds is 25. The van der Waals surface area contributed by atoms with Crippen LogP contribution in [0.5, 0.6) is 0 Å². The number of Topliss-reactive ketones (excluding diaryl/α,β-unsaturated/α-hetero) is 1. The summed E-state index contributed by atoms with van der Waals surface area (Å²) in [5, 5.41) is 33.4. The fourth-order valence-electron chi connectivity index (χ4n) is 8.94. The van der Waals surface area contributed by atoms with E-state index >= 15 is 0 Å². The minimum absolute atomic E-state index is 0.0384. The molecule has 26 nitrogen and oxygen atoms in total. The highest BCUT2D eigenvalue weighted by atomic mass is 32.2. The van der Waals surface area contributed by atoms with Crippen molar-refractivity contribution in [2.75, 3.05) is 29.7 Å². The summed E-state index contributed by atoms with van der Waals surface area (Å²) in [4.78, 5) is 83.6. The molecule has 4 N–H and O–H groups in total. The predicted molar refractivity (Wildman–Crippen MR) is 366 cm³/mol. The van der Waals surface area contributed by atoms with Crippen LogP contribution in [-0.4, -0.2) is 135 Å². The van der Waals surface area contributed by atoms with Gasteiger partial charge in [0, 0.05) is 57.0 Å². The maximum atomic E-state index is 12.8. The molecule has 0 aliphatic heterocycles. The largest absolute Gasteiger partial charge is 0.463 e. The molecule has 5 fully saturated rings. The third kappa shape index (κ3) is 19.1. The van der Waals surface area contributed by atoms with Crippen molar-refractivity contribution in [1.82, 2.24) is 15.0 Å². The van der Waals surface area contributed by atoms with Gasteiger partial charge in [-0.3, -0.25) is 35.1 Å². The Labute approximate surface area is 576 Å². The summed E-state index contributed by atoms with van der Waals surface area (Å²) >= 11 is 3.81. The van der Waals surface area contributed by atoms with Crippen LogP contribution in [0.25, 0.3) is 0 Å². The van der Waals surface area contributed by atoms with E-state index in [0.29, 0.717) is 96.0 Å². The number of nitrogens with one attached hydrogen (secondary N) is 3. The van der Waals surface area contributed by atoms with Gasteiger partial charge in [-0.05, 0) is 136 Å². The summed E-state index contributed by atoms with van der Waals surface area (Å²) < 4.78 is 102. The number of aromatic nitrogens is 3.